The summed E-state index contributed by atoms with van der Waals surface area (Å²) in [5, 5.41) is 8.57. The van der Waals surface area contributed by atoms with Gasteiger partial charge in [-0.1, -0.05) is 64.7 Å². The molecular formula is C12H30O5S2. The van der Waals surface area contributed by atoms with Gasteiger partial charge in [-0.05, 0) is 6.42 Å². The van der Waals surface area contributed by atoms with E-state index >= 15 is 0 Å². The van der Waals surface area contributed by atoms with Crippen LogP contribution in [0, 0.1) is 0 Å². The van der Waals surface area contributed by atoms with Crippen LogP contribution in [0.4, 0.5) is 0 Å². The lowest BCUT2D eigenvalue weighted by atomic mass is 10.1. The number of hydrogen-bond donors (Lipinski definition) is 3. The van der Waals surface area contributed by atoms with Crippen molar-refractivity contribution in [2.24, 2.45) is 0 Å². The summed E-state index contributed by atoms with van der Waals surface area (Å²) in [6.07, 6.45) is 13.3. The lowest BCUT2D eigenvalue weighted by molar-refractivity contribution is 0.282. The van der Waals surface area contributed by atoms with Gasteiger partial charge in [0.1, 0.15) is 0 Å². The van der Waals surface area contributed by atoms with E-state index in [1.807, 2.05) is 0 Å². The molecule has 0 aromatic carbocycles. The average molecular weight is 319 g/mol. The fourth-order valence-electron chi connectivity index (χ4n) is 1.60. The summed E-state index contributed by atoms with van der Waals surface area (Å²) in [4.78, 5) is 0. The fraction of sp³-hybridized carbons (Fsp3) is 1.00. The zero-order valence-corrected chi connectivity index (χ0v) is 13.7. The Balaban J connectivity index is -0.000000366. The van der Waals surface area contributed by atoms with Gasteiger partial charge in [-0.25, -0.2) is 0 Å². The van der Waals surface area contributed by atoms with Crippen molar-refractivity contribution in [3.63, 3.8) is 0 Å². The maximum absolute atomic E-state index is 8.74. The topological polar surface area (TPSA) is 94.8 Å². The molecule has 7 heteroatoms. The van der Waals surface area contributed by atoms with Crippen molar-refractivity contribution in [3.8, 4) is 0 Å². The number of aliphatic hydroxyl groups excluding tert-OH is 1. The van der Waals surface area contributed by atoms with E-state index in [-0.39, 0.29) is 13.5 Å². The summed E-state index contributed by atoms with van der Waals surface area (Å²) in [5.74, 6) is 0. The van der Waals surface area contributed by atoms with E-state index in [0.717, 1.165) is 6.42 Å². The molecule has 0 aliphatic carbocycles. The molecule has 5 nitrogen and oxygen atoms in total. The lowest BCUT2D eigenvalue weighted by Crippen LogP contribution is -1.89. The normalized spacial score (nSPS) is 10.3. The Morgan fingerprint density at radius 2 is 1.00 bits per heavy atom. The van der Waals surface area contributed by atoms with Crippen molar-refractivity contribution in [2.75, 3.05) is 6.61 Å². The second kappa shape index (κ2) is 18.2. The van der Waals surface area contributed by atoms with Crippen LogP contribution < -0.4 is 0 Å². The van der Waals surface area contributed by atoms with Gasteiger partial charge >= 0.3 is 10.4 Å². The first-order valence-electron chi connectivity index (χ1n) is 6.72. The maximum Gasteiger partial charge on any atom is 0.394 e. The molecule has 0 unspecified atom stereocenters. The van der Waals surface area contributed by atoms with Gasteiger partial charge in [0.15, 0.2) is 0 Å². The van der Waals surface area contributed by atoms with E-state index in [1.165, 1.54) is 57.8 Å². The number of aliphatic hydroxyl groups is 1. The van der Waals surface area contributed by atoms with Crippen LogP contribution in [0.3, 0.4) is 0 Å². The summed E-state index contributed by atoms with van der Waals surface area (Å²) < 4.78 is 31.6. The van der Waals surface area contributed by atoms with E-state index in [4.69, 9.17) is 22.6 Å². The monoisotopic (exact) mass is 318 g/mol. The van der Waals surface area contributed by atoms with E-state index in [1.54, 1.807) is 0 Å². The standard InChI is InChI=1S/C12H26O.H2O4S.H2S/c1-2-3-4-5-6-7-8-9-10-11-12-13;1-5(2,3)4;/h13H,2-12H2,1H3;(H2,1,2,3,4);1H2. The van der Waals surface area contributed by atoms with E-state index in [9.17, 15) is 0 Å². The number of hydrogen-bond acceptors (Lipinski definition) is 3. The molecule has 0 aliphatic rings. The second-order valence-electron chi connectivity index (χ2n) is 4.35. The average Bonchev–Trinajstić information content (AvgIpc) is 2.25. The highest BCUT2D eigenvalue weighted by atomic mass is 32.3. The van der Waals surface area contributed by atoms with Gasteiger partial charge in [-0.15, -0.1) is 0 Å². The molecule has 0 aromatic heterocycles. The van der Waals surface area contributed by atoms with Gasteiger partial charge in [0.05, 0.1) is 0 Å². The Hall–Kier alpha value is 0.180. The molecule has 0 aromatic rings. The van der Waals surface area contributed by atoms with Crippen LogP contribution in [-0.4, -0.2) is 29.2 Å². The van der Waals surface area contributed by atoms with E-state index < -0.39 is 10.4 Å². The lowest BCUT2D eigenvalue weighted by Gasteiger charge is -2.00. The fourth-order valence-corrected chi connectivity index (χ4v) is 1.60. The summed E-state index contributed by atoms with van der Waals surface area (Å²) in [6.45, 7) is 2.63. The first-order valence-corrected chi connectivity index (χ1v) is 8.12. The predicted octanol–water partition coefficient (Wildman–Crippen LogP) is 3.36. The minimum absolute atomic E-state index is 0. The maximum atomic E-state index is 8.74. The first kappa shape index (κ1) is 24.2. The zero-order chi connectivity index (χ0) is 14.3. The molecule has 0 aliphatic heterocycles. The largest absolute Gasteiger partial charge is 0.396 e. The van der Waals surface area contributed by atoms with Gasteiger partial charge in [-0.2, -0.15) is 21.9 Å². The van der Waals surface area contributed by atoms with Gasteiger partial charge in [0, 0.05) is 6.61 Å². The molecule has 0 amide bonds. The molecule has 0 heterocycles. The van der Waals surface area contributed by atoms with Crippen molar-refractivity contribution < 1.29 is 22.6 Å². The van der Waals surface area contributed by atoms with Crippen molar-refractivity contribution in [3.05, 3.63) is 0 Å². The number of rotatable bonds is 10. The van der Waals surface area contributed by atoms with Crippen LogP contribution in [0.1, 0.15) is 71.1 Å². The van der Waals surface area contributed by atoms with Gasteiger partial charge in [0.25, 0.3) is 0 Å². The highest BCUT2D eigenvalue weighted by molar-refractivity contribution is 7.79. The van der Waals surface area contributed by atoms with Gasteiger partial charge in [-0.3, -0.25) is 9.11 Å². The zero-order valence-electron chi connectivity index (χ0n) is 11.8. The minimum Gasteiger partial charge on any atom is -0.396 e. The summed E-state index contributed by atoms with van der Waals surface area (Å²) in [7, 11) is -4.67. The molecule has 19 heavy (non-hydrogen) atoms. The predicted molar refractivity (Wildman–Crippen MR) is 83.5 cm³/mol. The van der Waals surface area contributed by atoms with Crippen LogP contribution in [0.2, 0.25) is 0 Å². The Labute approximate surface area is 124 Å². The Kier molecular flexibility index (Phi) is 23.2. The SMILES string of the molecule is CCCCCCCCCCCCO.O=S(=O)(O)O.S. The highest BCUT2D eigenvalue weighted by Crippen LogP contribution is 2.09. The van der Waals surface area contributed by atoms with Crippen molar-refractivity contribution in [1.29, 1.82) is 0 Å². The van der Waals surface area contributed by atoms with Crippen molar-refractivity contribution in [1.82, 2.24) is 0 Å². The van der Waals surface area contributed by atoms with E-state index in [2.05, 4.69) is 6.92 Å². The van der Waals surface area contributed by atoms with Crippen molar-refractivity contribution in [2.45, 2.75) is 71.1 Å². The summed E-state index contributed by atoms with van der Waals surface area (Å²) in [5.41, 5.74) is 0. The van der Waals surface area contributed by atoms with E-state index in [0.29, 0.717) is 6.61 Å². The molecule has 0 saturated heterocycles. The molecule has 0 spiro atoms. The molecule has 3 N–H and O–H groups in total. The third kappa shape index (κ3) is 45.9. The quantitative estimate of drug-likeness (QED) is 0.424. The van der Waals surface area contributed by atoms with Crippen LogP contribution in [0.25, 0.3) is 0 Å². The second-order valence-corrected chi connectivity index (χ2v) is 5.25. The Morgan fingerprint density at radius 1 is 0.737 bits per heavy atom. The molecular weight excluding hydrogens is 288 g/mol. The number of unbranched alkanes of at least 4 members (excludes halogenated alkanes) is 9. The molecule has 0 bridgehead atoms. The molecule has 120 valence electrons. The Bertz CT molecular complexity index is 225. The Morgan fingerprint density at radius 3 is 1.26 bits per heavy atom. The van der Waals surface area contributed by atoms with Crippen LogP contribution >= 0.6 is 13.5 Å². The van der Waals surface area contributed by atoms with Crippen LogP contribution in [-0.2, 0) is 10.4 Å². The molecule has 0 saturated carbocycles. The smallest absolute Gasteiger partial charge is 0.394 e. The van der Waals surface area contributed by atoms with Crippen LogP contribution in [0.5, 0.6) is 0 Å². The van der Waals surface area contributed by atoms with Crippen LogP contribution in [0.15, 0.2) is 0 Å². The summed E-state index contributed by atoms with van der Waals surface area (Å²) >= 11 is 0. The highest BCUT2D eigenvalue weighted by Gasteiger charge is 1.91. The third-order valence-corrected chi connectivity index (χ3v) is 2.51. The van der Waals surface area contributed by atoms with Gasteiger partial charge in [0.2, 0.25) is 0 Å². The van der Waals surface area contributed by atoms with Crippen molar-refractivity contribution >= 4 is 23.9 Å². The van der Waals surface area contributed by atoms with Gasteiger partial charge < -0.3 is 5.11 Å². The summed E-state index contributed by atoms with van der Waals surface area (Å²) in [6, 6.07) is 0. The molecule has 0 fully saturated rings. The molecule has 0 rings (SSSR count). The minimum atomic E-state index is -4.67. The molecule has 0 radical (unpaired) electrons. The first-order chi connectivity index (χ1) is 8.41. The molecule has 0 atom stereocenters. The third-order valence-electron chi connectivity index (χ3n) is 2.51.